The highest BCUT2D eigenvalue weighted by Crippen LogP contribution is 2.23. The van der Waals surface area contributed by atoms with Crippen LogP contribution in [0.15, 0.2) is 29.8 Å². The standard InChI is InChI=1S/C14H16NO3/c16-14-8-3-1-2-6-12(14)9-11-5-4-7-13(10-11)15(17)18/h4-5,7,9-10,17H,1-3,6,8H2/q-1/b12-9+. The van der Waals surface area contributed by atoms with Gasteiger partial charge in [0.2, 0.25) is 0 Å². The monoisotopic (exact) mass is 246 g/mol. The van der Waals surface area contributed by atoms with E-state index in [2.05, 4.69) is 0 Å². The van der Waals surface area contributed by atoms with E-state index in [4.69, 9.17) is 5.21 Å². The zero-order chi connectivity index (χ0) is 13.0. The number of ketones is 1. The van der Waals surface area contributed by atoms with Gasteiger partial charge < -0.3 is 10.4 Å². The molecule has 4 heteroatoms. The topological polar surface area (TPSA) is 63.6 Å². The fourth-order valence-electron chi connectivity index (χ4n) is 2.17. The normalized spacial score (nSPS) is 18.8. The number of carbonyl (C=O) groups excluding carboxylic acids is 1. The van der Waals surface area contributed by atoms with E-state index >= 15 is 0 Å². The molecular formula is C14H16NO3-. The molecule has 0 amide bonds. The fraction of sp³-hybridized carbons (Fsp3) is 0.357. The number of anilines is 1. The second kappa shape index (κ2) is 5.80. The largest absolute Gasteiger partial charge is 0.733 e. The van der Waals surface area contributed by atoms with Gasteiger partial charge in [-0.3, -0.25) is 10.0 Å². The van der Waals surface area contributed by atoms with Gasteiger partial charge >= 0.3 is 0 Å². The molecule has 0 aliphatic heterocycles. The van der Waals surface area contributed by atoms with Crippen LogP contribution in [0.1, 0.15) is 37.7 Å². The van der Waals surface area contributed by atoms with Gasteiger partial charge in [0.05, 0.1) is 5.69 Å². The van der Waals surface area contributed by atoms with Crippen LogP contribution in [0.3, 0.4) is 0 Å². The number of hydrogen-bond donors (Lipinski definition) is 1. The summed E-state index contributed by atoms with van der Waals surface area (Å²) in [6.07, 6.45) is 6.31. The van der Waals surface area contributed by atoms with Crippen molar-refractivity contribution in [2.75, 3.05) is 5.23 Å². The first-order valence-corrected chi connectivity index (χ1v) is 6.17. The summed E-state index contributed by atoms with van der Waals surface area (Å²) in [5, 5.41) is 19.5. The molecule has 0 aromatic heterocycles. The van der Waals surface area contributed by atoms with E-state index in [9.17, 15) is 10.0 Å². The van der Waals surface area contributed by atoms with Crippen LogP contribution in [0.2, 0.25) is 0 Å². The maximum Gasteiger partial charge on any atom is 0.158 e. The van der Waals surface area contributed by atoms with E-state index in [-0.39, 0.29) is 16.7 Å². The van der Waals surface area contributed by atoms with Gasteiger partial charge in [0, 0.05) is 6.42 Å². The van der Waals surface area contributed by atoms with Crippen molar-refractivity contribution in [2.45, 2.75) is 32.1 Å². The molecule has 0 unspecified atom stereocenters. The summed E-state index contributed by atoms with van der Waals surface area (Å²) >= 11 is 0. The third-order valence-electron chi connectivity index (χ3n) is 3.14. The van der Waals surface area contributed by atoms with E-state index < -0.39 is 0 Å². The van der Waals surface area contributed by atoms with E-state index in [1.165, 1.54) is 6.07 Å². The zero-order valence-electron chi connectivity index (χ0n) is 10.1. The van der Waals surface area contributed by atoms with Crippen LogP contribution in [0.4, 0.5) is 5.69 Å². The smallest absolute Gasteiger partial charge is 0.158 e. The van der Waals surface area contributed by atoms with Gasteiger partial charge in [0.15, 0.2) is 5.78 Å². The van der Waals surface area contributed by atoms with Gasteiger partial charge in [-0.1, -0.05) is 18.6 Å². The minimum atomic E-state index is -0.170. The quantitative estimate of drug-likeness (QED) is 0.494. The van der Waals surface area contributed by atoms with Crippen LogP contribution in [0.25, 0.3) is 6.08 Å². The number of benzene rings is 1. The lowest BCUT2D eigenvalue weighted by Gasteiger charge is -2.21. The van der Waals surface area contributed by atoms with Gasteiger partial charge in [-0.2, -0.15) is 0 Å². The molecule has 0 bridgehead atoms. The van der Waals surface area contributed by atoms with Crippen molar-refractivity contribution in [3.05, 3.63) is 40.6 Å². The molecule has 2 rings (SSSR count). The average molecular weight is 246 g/mol. The fourth-order valence-corrected chi connectivity index (χ4v) is 2.17. The third-order valence-corrected chi connectivity index (χ3v) is 3.14. The second-order valence-electron chi connectivity index (χ2n) is 4.52. The van der Waals surface area contributed by atoms with Crippen molar-refractivity contribution in [1.29, 1.82) is 0 Å². The molecule has 0 heterocycles. The molecule has 0 spiro atoms. The van der Waals surface area contributed by atoms with E-state index in [0.717, 1.165) is 36.8 Å². The highest BCUT2D eigenvalue weighted by molar-refractivity contribution is 5.99. The average Bonchev–Trinajstić information content (AvgIpc) is 2.55. The lowest BCUT2D eigenvalue weighted by atomic mass is 10.0. The summed E-state index contributed by atoms with van der Waals surface area (Å²) in [5.74, 6) is 0.195. The van der Waals surface area contributed by atoms with Crippen LogP contribution in [0.5, 0.6) is 0 Å². The molecule has 96 valence electrons. The van der Waals surface area contributed by atoms with Crippen LogP contribution < -0.4 is 5.23 Å². The van der Waals surface area contributed by atoms with Crippen molar-refractivity contribution in [1.82, 2.24) is 0 Å². The Bertz CT molecular complexity index is 466. The predicted octanol–water partition coefficient (Wildman–Crippen LogP) is 3.30. The van der Waals surface area contributed by atoms with Gasteiger partial charge in [0.25, 0.3) is 0 Å². The Labute approximate surface area is 106 Å². The molecule has 4 nitrogen and oxygen atoms in total. The molecule has 18 heavy (non-hydrogen) atoms. The molecule has 1 fully saturated rings. The molecule has 1 N–H and O–H groups in total. The van der Waals surface area contributed by atoms with Crippen molar-refractivity contribution in [2.24, 2.45) is 0 Å². The minimum absolute atomic E-state index is 0.170. The molecule has 1 aliphatic rings. The lowest BCUT2D eigenvalue weighted by molar-refractivity contribution is -0.115. The number of rotatable bonds is 2. The number of Topliss-reactive ketones (excluding diaryl/α,β-unsaturated/α-hetero) is 1. The summed E-state index contributed by atoms with van der Waals surface area (Å²) in [5.41, 5.74) is 1.76. The summed E-state index contributed by atoms with van der Waals surface area (Å²) in [6.45, 7) is 0. The van der Waals surface area contributed by atoms with E-state index in [1.54, 1.807) is 12.1 Å². The molecule has 1 saturated carbocycles. The van der Waals surface area contributed by atoms with Gasteiger partial charge in [-0.15, -0.1) is 0 Å². The number of carbonyl (C=O) groups is 1. The molecule has 1 aromatic rings. The Kier molecular flexibility index (Phi) is 4.12. The number of nitrogens with zero attached hydrogens (tertiary/aromatic N) is 1. The summed E-state index contributed by atoms with van der Waals surface area (Å²) in [7, 11) is 0. The van der Waals surface area contributed by atoms with Crippen molar-refractivity contribution in [3.63, 3.8) is 0 Å². The van der Waals surface area contributed by atoms with Gasteiger partial charge in [-0.25, -0.2) is 0 Å². The molecule has 0 radical (unpaired) electrons. The van der Waals surface area contributed by atoms with Crippen molar-refractivity contribution < 1.29 is 10.0 Å². The Balaban J connectivity index is 2.25. The molecular weight excluding hydrogens is 230 g/mol. The van der Waals surface area contributed by atoms with Crippen LogP contribution in [0, 0.1) is 5.21 Å². The van der Waals surface area contributed by atoms with Crippen LogP contribution >= 0.6 is 0 Å². The Morgan fingerprint density at radius 3 is 2.78 bits per heavy atom. The Morgan fingerprint density at radius 2 is 2.00 bits per heavy atom. The maximum absolute atomic E-state index is 11.8. The summed E-state index contributed by atoms with van der Waals surface area (Å²) < 4.78 is 0. The van der Waals surface area contributed by atoms with Crippen molar-refractivity contribution >= 4 is 17.5 Å². The molecule has 1 aromatic carbocycles. The molecule has 0 atom stereocenters. The zero-order valence-corrected chi connectivity index (χ0v) is 10.1. The third kappa shape index (κ3) is 3.18. The molecule has 0 saturated heterocycles. The first kappa shape index (κ1) is 12.8. The van der Waals surface area contributed by atoms with E-state index in [1.807, 2.05) is 12.1 Å². The number of allylic oxidation sites excluding steroid dienone is 1. The van der Waals surface area contributed by atoms with Gasteiger partial charge in [0.1, 0.15) is 0 Å². The summed E-state index contributed by atoms with van der Waals surface area (Å²) in [6, 6.07) is 6.59. The highest BCUT2D eigenvalue weighted by atomic mass is 16.8. The minimum Gasteiger partial charge on any atom is -0.733 e. The second-order valence-corrected chi connectivity index (χ2v) is 4.52. The first-order chi connectivity index (χ1) is 8.66. The first-order valence-electron chi connectivity index (χ1n) is 6.17. The van der Waals surface area contributed by atoms with Crippen molar-refractivity contribution in [3.8, 4) is 0 Å². The van der Waals surface area contributed by atoms with Gasteiger partial charge in [-0.05, 0) is 48.6 Å². The Hall–Kier alpha value is -1.65. The predicted molar refractivity (Wildman–Crippen MR) is 70.1 cm³/mol. The molecule has 1 aliphatic carbocycles. The van der Waals surface area contributed by atoms with Crippen LogP contribution in [-0.4, -0.2) is 11.0 Å². The summed E-state index contributed by atoms with van der Waals surface area (Å²) in [4.78, 5) is 11.8. The number of hydrogen-bond acceptors (Lipinski definition) is 4. The SMILES string of the molecule is O=C1CCCCC/C1=C\c1cccc(N([O-])O)c1. The Morgan fingerprint density at radius 1 is 1.22 bits per heavy atom. The van der Waals surface area contributed by atoms with E-state index in [0.29, 0.717) is 6.42 Å². The van der Waals surface area contributed by atoms with Crippen LogP contribution in [-0.2, 0) is 4.79 Å². The lowest BCUT2D eigenvalue weighted by Crippen LogP contribution is -2.06. The highest BCUT2D eigenvalue weighted by Gasteiger charge is 2.13. The maximum atomic E-state index is 11.8.